The van der Waals surface area contributed by atoms with Crippen molar-refractivity contribution in [2.75, 3.05) is 33.8 Å². The number of nitriles is 1. The number of methoxy groups -OCH3 is 1. The normalized spacial score (nSPS) is 26.1. The van der Waals surface area contributed by atoms with Crippen LogP contribution in [0.5, 0.6) is 0 Å². The van der Waals surface area contributed by atoms with E-state index in [0.717, 1.165) is 19.5 Å². The van der Waals surface area contributed by atoms with Gasteiger partial charge in [-0.2, -0.15) is 5.26 Å². The molecule has 5 nitrogen and oxygen atoms in total. The molecule has 0 aromatic heterocycles. The molecule has 0 radical (unpaired) electrons. The first kappa shape index (κ1) is 12.9. The van der Waals surface area contributed by atoms with Crippen molar-refractivity contribution in [3.05, 3.63) is 0 Å². The summed E-state index contributed by atoms with van der Waals surface area (Å²) < 4.78 is 4.67. The van der Waals surface area contributed by atoms with Gasteiger partial charge in [0.1, 0.15) is 0 Å². The van der Waals surface area contributed by atoms with Crippen LogP contribution in [-0.2, 0) is 9.53 Å². The van der Waals surface area contributed by atoms with Gasteiger partial charge in [-0.15, -0.1) is 0 Å². The molecule has 5 heteroatoms. The van der Waals surface area contributed by atoms with E-state index in [1.54, 1.807) is 0 Å². The first-order valence-electron chi connectivity index (χ1n) is 5.53. The lowest BCUT2D eigenvalue weighted by Crippen LogP contribution is -2.48. The van der Waals surface area contributed by atoms with E-state index < -0.39 is 0 Å². The molecule has 0 spiro atoms. The highest BCUT2D eigenvalue weighted by Gasteiger charge is 2.27. The highest BCUT2D eigenvalue weighted by molar-refractivity contribution is 5.69. The van der Waals surface area contributed by atoms with Crippen LogP contribution in [0.1, 0.15) is 12.8 Å². The molecule has 0 aliphatic carbocycles. The first-order chi connectivity index (χ1) is 7.69. The Labute approximate surface area is 96.4 Å². The van der Waals surface area contributed by atoms with Crippen molar-refractivity contribution in [2.24, 2.45) is 5.92 Å². The fourth-order valence-corrected chi connectivity index (χ4v) is 2.21. The number of nitrogens with zero attached hydrogens (tertiary/aromatic N) is 2. The molecule has 16 heavy (non-hydrogen) atoms. The number of hydrogen-bond acceptors (Lipinski definition) is 5. The molecular weight excluding hydrogens is 206 g/mol. The van der Waals surface area contributed by atoms with Crippen molar-refractivity contribution < 1.29 is 9.53 Å². The molecule has 0 saturated carbocycles. The third-order valence-electron chi connectivity index (χ3n) is 3.00. The molecule has 1 N–H and O–H groups in total. The number of piperidine rings is 1. The van der Waals surface area contributed by atoms with E-state index in [4.69, 9.17) is 5.26 Å². The lowest BCUT2D eigenvalue weighted by Gasteiger charge is -2.36. The predicted molar refractivity (Wildman–Crippen MR) is 59.6 cm³/mol. The van der Waals surface area contributed by atoms with Gasteiger partial charge in [-0.25, -0.2) is 0 Å². The maximum absolute atomic E-state index is 11.2. The largest absolute Gasteiger partial charge is 0.469 e. The minimum absolute atomic E-state index is 0.168. The topological polar surface area (TPSA) is 65.4 Å². The van der Waals surface area contributed by atoms with Crippen molar-refractivity contribution >= 4 is 5.97 Å². The van der Waals surface area contributed by atoms with Gasteiger partial charge in [0.25, 0.3) is 0 Å². The van der Waals surface area contributed by atoms with Gasteiger partial charge in [0.2, 0.25) is 0 Å². The maximum Gasteiger partial charge on any atom is 0.305 e. The Morgan fingerprint density at radius 3 is 2.94 bits per heavy atom. The van der Waals surface area contributed by atoms with Crippen LogP contribution in [0.15, 0.2) is 0 Å². The molecule has 0 aromatic carbocycles. The van der Waals surface area contributed by atoms with Crippen molar-refractivity contribution in [3.8, 4) is 6.07 Å². The number of rotatable bonds is 4. The molecule has 1 aliphatic heterocycles. The van der Waals surface area contributed by atoms with Crippen LogP contribution in [0.25, 0.3) is 0 Å². The summed E-state index contributed by atoms with van der Waals surface area (Å²) in [4.78, 5) is 13.3. The van der Waals surface area contributed by atoms with Gasteiger partial charge >= 0.3 is 5.97 Å². The molecule has 2 unspecified atom stereocenters. The van der Waals surface area contributed by atoms with E-state index in [1.165, 1.54) is 7.11 Å². The smallest absolute Gasteiger partial charge is 0.305 e. The Kier molecular flexibility index (Phi) is 5.23. The second-order valence-corrected chi connectivity index (χ2v) is 4.22. The van der Waals surface area contributed by atoms with Crippen LogP contribution in [0.2, 0.25) is 0 Å². The molecule has 0 aromatic rings. The Bertz CT molecular complexity index is 275. The van der Waals surface area contributed by atoms with E-state index in [1.807, 2.05) is 7.05 Å². The van der Waals surface area contributed by atoms with Crippen LogP contribution in [0.3, 0.4) is 0 Å². The summed E-state index contributed by atoms with van der Waals surface area (Å²) in [7, 11) is 3.32. The fourth-order valence-electron chi connectivity index (χ4n) is 2.21. The highest BCUT2D eigenvalue weighted by atomic mass is 16.5. The van der Waals surface area contributed by atoms with Crippen molar-refractivity contribution in [3.63, 3.8) is 0 Å². The molecule has 90 valence electrons. The minimum Gasteiger partial charge on any atom is -0.469 e. The van der Waals surface area contributed by atoms with E-state index in [0.29, 0.717) is 19.0 Å². The van der Waals surface area contributed by atoms with Crippen LogP contribution < -0.4 is 5.32 Å². The van der Waals surface area contributed by atoms with Gasteiger partial charge in [-0.05, 0) is 19.4 Å². The third-order valence-corrected chi connectivity index (χ3v) is 3.00. The van der Waals surface area contributed by atoms with Gasteiger partial charge < -0.3 is 10.1 Å². The molecule has 1 heterocycles. The average molecular weight is 225 g/mol. The lowest BCUT2D eigenvalue weighted by atomic mass is 9.91. The van der Waals surface area contributed by atoms with E-state index in [-0.39, 0.29) is 11.9 Å². The summed E-state index contributed by atoms with van der Waals surface area (Å²) in [5.41, 5.74) is 0. The third kappa shape index (κ3) is 3.80. The predicted octanol–water partition coefficient (Wildman–Crippen LogP) is -0.0170. The maximum atomic E-state index is 11.2. The molecular formula is C11H19N3O2. The molecule has 2 atom stereocenters. The monoisotopic (exact) mass is 225 g/mol. The average Bonchev–Trinajstić information content (AvgIpc) is 2.29. The zero-order chi connectivity index (χ0) is 12.0. The van der Waals surface area contributed by atoms with E-state index in [2.05, 4.69) is 21.0 Å². The van der Waals surface area contributed by atoms with Crippen LogP contribution >= 0.6 is 0 Å². The summed E-state index contributed by atoms with van der Waals surface area (Å²) in [5.74, 6) is 0.116. The number of ether oxygens (including phenoxy) is 1. The zero-order valence-corrected chi connectivity index (χ0v) is 9.90. The number of carbonyl (C=O) groups is 1. The second kappa shape index (κ2) is 6.46. The molecule has 1 aliphatic rings. The number of carbonyl (C=O) groups excluding carboxylic acids is 1. The zero-order valence-electron chi connectivity index (χ0n) is 9.90. The lowest BCUT2D eigenvalue weighted by molar-refractivity contribution is -0.142. The molecule has 0 amide bonds. The Morgan fingerprint density at radius 1 is 1.62 bits per heavy atom. The van der Waals surface area contributed by atoms with Gasteiger partial charge in [0.05, 0.1) is 19.7 Å². The van der Waals surface area contributed by atoms with E-state index >= 15 is 0 Å². The Hall–Kier alpha value is -1.12. The number of hydrogen-bond donors (Lipinski definition) is 1. The first-order valence-corrected chi connectivity index (χ1v) is 5.53. The SMILES string of the molecule is CNC1CC(CC(=O)OC)CN(CC#N)C1. The molecule has 0 bridgehead atoms. The number of esters is 1. The van der Waals surface area contributed by atoms with Crippen LogP contribution in [0, 0.1) is 17.2 Å². The standard InChI is InChI=1S/C11H19N3O2/c1-13-10-5-9(6-11(15)16-2)7-14(8-10)4-3-12/h9-10,13H,4-8H2,1-2H3. The quantitative estimate of drug-likeness (QED) is 0.538. The summed E-state index contributed by atoms with van der Waals surface area (Å²) in [6.07, 6.45) is 1.41. The highest BCUT2D eigenvalue weighted by Crippen LogP contribution is 2.20. The number of likely N-dealkylation sites (N-methyl/N-ethyl adjacent to an activating group) is 1. The van der Waals surface area contributed by atoms with Gasteiger partial charge in [-0.1, -0.05) is 0 Å². The van der Waals surface area contributed by atoms with Gasteiger partial charge in [-0.3, -0.25) is 9.69 Å². The number of likely N-dealkylation sites (tertiary alicyclic amines) is 1. The van der Waals surface area contributed by atoms with Crippen molar-refractivity contribution in [1.29, 1.82) is 5.26 Å². The van der Waals surface area contributed by atoms with Gasteiger partial charge in [0.15, 0.2) is 0 Å². The molecule has 1 rings (SSSR count). The summed E-state index contributed by atoms with van der Waals surface area (Å²) in [5, 5.41) is 11.9. The summed E-state index contributed by atoms with van der Waals surface area (Å²) in [6.45, 7) is 2.11. The van der Waals surface area contributed by atoms with E-state index in [9.17, 15) is 4.79 Å². The minimum atomic E-state index is -0.168. The summed E-state index contributed by atoms with van der Waals surface area (Å²) >= 11 is 0. The molecule has 1 saturated heterocycles. The Balaban J connectivity index is 2.50. The van der Waals surface area contributed by atoms with Crippen LogP contribution in [-0.4, -0.2) is 50.7 Å². The Morgan fingerprint density at radius 2 is 2.38 bits per heavy atom. The number of nitrogens with one attached hydrogen (secondary N) is 1. The summed E-state index contributed by atoms with van der Waals surface area (Å²) in [6, 6.07) is 2.51. The second-order valence-electron chi connectivity index (χ2n) is 4.22. The van der Waals surface area contributed by atoms with Crippen molar-refractivity contribution in [1.82, 2.24) is 10.2 Å². The fraction of sp³-hybridized carbons (Fsp3) is 0.818. The van der Waals surface area contributed by atoms with Crippen molar-refractivity contribution in [2.45, 2.75) is 18.9 Å². The van der Waals surface area contributed by atoms with Gasteiger partial charge in [0, 0.05) is 25.6 Å². The van der Waals surface area contributed by atoms with Crippen LogP contribution in [0.4, 0.5) is 0 Å². The molecule has 1 fully saturated rings.